The second-order valence-electron chi connectivity index (χ2n) is 2.99. The summed E-state index contributed by atoms with van der Waals surface area (Å²) in [6, 6.07) is 0.927. The molecule has 0 saturated heterocycles. The van der Waals surface area contributed by atoms with Crippen molar-refractivity contribution in [3.8, 4) is 0 Å². The van der Waals surface area contributed by atoms with Gasteiger partial charge in [0.25, 0.3) is 5.56 Å². The third kappa shape index (κ3) is 1.63. The van der Waals surface area contributed by atoms with E-state index in [9.17, 15) is 18.0 Å². The van der Waals surface area contributed by atoms with Crippen molar-refractivity contribution < 1.29 is 8.42 Å². The van der Waals surface area contributed by atoms with Gasteiger partial charge in [-0.15, -0.1) is 0 Å². The highest BCUT2D eigenvalue weighted by Crippen LogP contribution is 2.00. The van der Waals surface area contributed by atoms with E-state index in [1.165, 1.54) is 14.1 Å². The topological polar surface area (TPSA) is 78.1 Å². The summed E-state index contributed by atoms with van der Waals surface area (Å²) >= 11 is 0. The Hall–Kier alpha value is -1.37. The van der Waals surface area contributed by atoms with Gasteiger partial charge in [0.15, 0.2) is 9.84 Å². The average molecular weight is 218 g/mol. The molecule has 0 radical (unpaired) electrons. The van der Waals surface area contributed by atoms with Gasteiger partial charge in [-0.3, -0.25) is 13.9 Å². The van der Waals surface area contributed by atoms with Gasteiger partial charge in [-0.2, -0.15) is 0 Å². The van der Waals surface area contributed by atoms with Gasteiger partial charge in [-0.1, -0.05) is 0 Å². The molecule has 6 nitrogen and oxygen atoms in total. The molecule has 1 aromatic heterocycles. The van der Waals surface area contributed by atoms with Gasteiger partial charge in [-0.05, 0) is 0 Å². The zero-order valence-corrected chi connectivity index (χ0v) is 8.83. The maximum absolute atomic E-state index is 11.3. The third-order valence-electron chi connectivity index (χ3n) is 1.86. The van der Waals surface area contributed by atoms with Gasteiger partial charge in [-0.25, -0.2) is 13.2 Å². The van der Waals surface area contributed by atoms with Crippen LogP contribution in [0, 0.1) is 0 Å². The predicted octanol–water partition coefficient (Wildman–Crippen LogP) is -1.51. The van der Waals surface area contributed by atoms with Crippen LogP contribution in [-0.2, 0) is 23.9 Å². The van der Waals surface area contributed by atoms with Crippen LogP contribution in [0.3, 0.4) is 0 Å². The van der Waals surface area contributed by atoms with Crippen LogP contribution in [0.4, 0.5) is 0 Å². The molecule has 0 aliphatic carbocycles. The summed E-state index contributed by atoms with van der Waals surface area (Å²) in [6.07, 6.45) is 0.946. The first-order valence-electron chi connectivity index (χ1n) is 3.72. The molecule has 0 aliphatic heterocycles. The second kappa shape index (κ2) is 3.09. The smallest absolute Gasteiger partial charge is 0.287 e. The van der Waals surface area contributed by atoms with Gasteiger partial charge >= 0.3 is 5.69 Å². The summed E-state index contributed by atoms with van der Waals surface area (Å²) in [5, 5.41) is -0.273. The van der Waals surface area contributed by atoms with Crippen molar-refractivity contribution in [2.75, 3.05) is 6.26 Å². The van der Waals surface area contributed by atoms with Crippen LogP contribution in [0.2, 0.25) is 0 Å². The summed E-state index contributed by atoms with van der Waals surface area (Å²) < 4.78 is 24.1. The lowest BCUT2D eigenvalue weighted by molar-refractivity contribution is 0.571. The van der Waals surface area contributed by atoms with E-state index in [4.69, 9.17) is 0 Å². The molecule has 0 saturated carbocycles. The number of rotatable bonds is 1. The van der Waals surface area contributed by atoms with Crippen LogP contribution in [-0.4, -0.2) is 23.8 Å². The molecule has 0 aromatic carbocycles. The molecule has 78 valence electrons. The van der Waals surface area contributed by atoms with Gasteiger partial charge in [0, 0.05) is 26.4 Å². The van der Waals surface area contributed by atoms with Crippen molar-refractivity contribution in [1.29, 1.82) is 0 Å². The molecule has 0 N–H and O–H groups in total. The molecule has 0 bridgehead atoms. The van der Waals surface area contributed by atoms with E-state index in [2.05, 4.69) is 0 Å². The third-order valence-corrected chi connectivity index (χ3v) is 3.01. The lowest BCUT2D eigenvalue weighted by atomic mass is 10.6. The molecule has 1 rings (SSSR count). The van der Waals surface area contributed by atoms with E-state index in [0.717, 1.165) is 21.5 Å². The van der Waals surface area contributed by atoms with Crippen molar-refractivity contribution in [3.63, 3.8) is 0 Å². The fourth-order valence-electron chi connectivity index (χ4n) is 1.07. The molecule has 1 aromatic rings. The molecule has 14 heavy (non-hydrogen) atoms. The van der Waals surface area contributed by atoms with Crippen LogP contribution in [0.25, 0.3) is 0 Å². The molecule has 0 fully saturated rings. The van der Waals surface area contributed by atoms with Crippen LogP contribution >= 0.6 is 0 Å². The molecule has 0 atom stereocenters. The van der Waals surface area contributed by atoms with Gasteiger partial charge in [0.1, 0.15) is 5.03 Å². The molecule has 0 amide bonds. The quantitative estimate of drug-likeness (QED) is 0.537. The summed E-state index contributed by atoms with van der Waals surface area (Å²) in [5.41, 5.74) is -1.29. The van der Waals surface area contributed by atoms with Crippen molar-refractivity contribution >= 4 is 9.84 Å². The van der Waals surface area contributed by atoms with Crippen molar-refractivity contribution in [2.45, 2.75) is 5.03 Å². The van der Waals surface area contributed by atoms with E-state index in [0.29, 0.717) is 0 Å². The number of nitrogens with zero attached hydrogens (tertiary/aromatic N) is 2. The van der Waals surface area contributed by atoms with Crippen LogP contribution in [0.15, 0.2) is 20.7 Å². The van der Waals surface area contributed by atoms with Crippen LogP contribution in [0.5, 0.6) is 0 Å². The highest BCUT2D eigenvalue weighted by molar-refractivity contribution is 7.90. The summed E-state index contributed by atoms with van der Waals surface area (Å²) in [4.78, 5) is 22.5. The van der Waals surface area contributed by atoms with E-state index in [1.807, 2.05) is 0 Å². The van der Waals surface area contributed by atoms with Crippen LogP contribution in [0.1, 0.15) is 0 Å². The van der Waals surface area contributed by atoms with Crippen LogP contribution < -0.4 is 11.2 Å². The minimum Gasteiger partial charge on any atom is -0.287 e. The van der Waals surface area contributed by atoms with Crippen molar-refractivity contribution in [1.82, 2.24) is 9.13 Å². The summed E-state index contributed by atoms with van der Waals surface area (Å²) in [7, 11) is -0.953. The standard InChI is InChI=1S/C7H10N2O4S/c1-8-5(10)4-6(14(3,12)13)9(2)7(8)11/h4H,1-3H3. The largest absolute Gasteiger partial charge is 0.331 e. The number of sulfone groups is 1. The Labute approximate surface area is 80.3 Å². The Morgan fingerprint density at radius 1 is 1.14 bits per heavy atom. The molecule has 7 heteroatoms. The Bertz CT molecular complexity index is 579. The highest BCUT2D eigenvalue weighted by atomic mass is 32.2. The first kappa shape index (κ1) is 10.7. The molecule has 1 heterocycles. The molecule has 0 aliphatic rings. The summed E-state index contributed by atoms with van der Waals surface area (Å²) in [5.74, 6) is 0. The first-order chi connectivity index (χ1) is 6.25. The maximum atomic E-state index is 11.3. The zero-order valence-electron chi connectivity index (χ0n) is 8.01. The van der Waals surface area contributed by atoms with E-state index >= 15 is 0 Å². The normalized spacial score (nSPS) is 11.6. The van der Waals surface area contributed by atoms with Crippen molar-refractivity contribution in [3.05, 3.63) is 26.9 Å². The van der Waals surface area contributed by atoms with Crippen molar-refractivity contribution in [2.24, 2.45) is 14.1 Å². The Morgan fingerprint density at radius 3 is 2.07 bits per heavy atom. The fourth-order valence-corrected chi connectivity index (χ4v) is 1.96. The SMILES string of the molecule is Cn1c(S(C)(=O)=O)cc(=O)n(C)c1=O. The zero-order chi connectivity index (χ0) is 11.1. The highest BCUT2D eigenvalue weighted by Gasteiger charge is 2.14. The number of hydrogen-bond acceptors (Lipinski definition) is 4. The van der Waals surface area contributed by atoms with Gasteiger partial charge in [0.2, 0.25) is 0 Å². The Morgan fingerprint density at radius 2 is 1.64 bits per heavy atom. The number of aromatic nitrogens is 2. The molecular formula is C7H10N2O4S. The van der Waals surface area contributed by atoms with Gasteiger partial charge in [0.05, 0.1) is 0 Å². The Balaban J connectivity index is 3.85. The maximum Gasteiger partial charge on any atom is 0.331 e. The minimum absolute atomic E-state index is 0.273. The summed E-state index contributed by atoms with van der Waals surface area (Å²) in [6.45, 7) is 0. The predicted molar refractivity (Wildman–Crippen MR) is 50.0 cm³/mol. The second-order valence-corrected chi connectivity index (χ2v) is 4.96. The monoisotopic (exact) mass is 218 g/mol. The fraction of sp³-hybridized carbons (Fsp3) is 0.429. The average Bonchev–Trinajstić information content (AvgIpc) is 2.06. The Kier molecular flexibility index (Phi) is 2.36. The molecule has 0 spiro atoms. The van der Waals surface area contributed by atoms with E-state index in [1.54, 1.807) is 0 Å². The molecular weight excluding hydrogens is 208 g/mol. The molecule has 0 unspecified atom stereocenters. The lowest BCUT2D eigenvalue weighted by Crippen LogP contribution is -2.38. The number of hydrogen-bond donors (Lipinski definition) is 0. The minimum atomic E-state index is -3.55. The van der Waals surface area contributed by atoms with Gasteiger partial charge < -0.3 is 0 Å². The first-order valence-corrected chi connectivity index (χ1v) is 5.61. The van der Waals surface area contributed by atoms with E-state index < -0.39 is 21.1 Å². The van der Waals surface area contributed by atoms with E-state index in [-0.39, 0.29) is 5.03 Å². The lowest BCUT2D eigenvalue weighted by Gasteiger charge is -2.06.